The maximum absolute atomic E-state index is 12.5. The Labute approximate surface area is 165 Å². The first-order valence-electron chi connectivity index (χ1n) is 9.27. The molecule has 3 aromatic rings. The summed E-state index contributed by atoms with van der Waals surface area (Å²) in [7, 11) is -1.41. The van der Waals surface area contributed by atoms with Crippen LogP contribution in [-0.4, -0.2) is 47.5 Å². The van der Waals surface area contributed by atoms with Crippen LogP contribution < -0.4 is 4.90 Å². The highest BCUT2D eigenvalue weighted by molar-refractivity contribution is 7.90. The fraction of sp³-hybridized carbons (Fsp3) is 0.350. The number of nitrogens with zero attached hydrogens (tertiary/aromatic N) is 5. The van der Waals surface area contributed by atoms with E-state index in [1.165, 1.54) is 6.26 Å². The quantitative estimate of drug-likeness (QED) is 0.673. The largest absolute Gasteiger partial charge is 0.370 e. The van der Waals surface area contributed by atoms with E-state index in [0.29, 0.717) is 10.8 Å². The maximum atomic E-state index is 12.5. The molecule has 1 aromatic carbocycles. The second-order valence-corrected chi connectivity index (χ2v) is 9.21. The van der Waals surface area contributed by atoms with E-state index >= 15 is 0 Å². The summed E-state index contributed by atoms with van der Waals surface area (Å²) in [5.41, 5.74) is 2.58. The van der Waals surface area contributed by atoms with Gasteiger partial charge in [-0.2, -0.15) is 0 Å². The number of aryl methyl sites for hydroxylation is 1. The number of sulfone groups is 1. The van der Waals surface area contributed by atoms with Gasteiger partial charge in [0.05, 0.1) is 10.6 Å². The van der Waals surface area contributed by atoms with E-state index in [1.807, 2.05) is 29.8 Å². The van der Waals surface area contributed by atoms with Gasteiger partial charge in [-0.3, -0.25) is 4.98 Å². The Morgan fingerprint density at radius 1 is 1.11 bits per heavy atom. The van der Waals surface area contributed by atoms with Crippen molar-refractivity contribution in [2.45, 2.75) is 23.7 Å². The molecular weight excluding hydrogens is 374 g/mol. The Balaban J connectivity index is 1.72. The van der Waals surface area contributed by atoms with E-state index < -0.39 is 9.84 Å². The average molecular weight is 398 g/mol. The van der Waals surface area contributed by atoms with Crippen molar-refractivity contribution >= 4 is 15.5 Å². The van der Waals surface area contributed by atoms with Crippen LogP contribution in [0, 0.1) is 0 Å². The molecule has 3 heterocycles. The number of piperidine rings is 1. The summed E-state index contributed by atoms with van der Waals surface area (Å²) in [6, 6.07) is 9.29. The fourth-order valence-corrected chi connectivity index (χ4v) is 4.84. The molecule has 8 heteroatoms. The topological polar surface area (TPSA) is 81.0 Å². The molecule has 2 aromatic heterocycles. The van der Waals surface area contributed by atoms with Crippen LogP contribution in [0.15, 0.2) is 53.9 Å². The van der Waals surface area contributed by atoms with Crippen LogP contribution in [0.5, 0.6) is 0 Å². The van der Waals surface area contributed by atoms with Crippen molar-refractivity contribution in [1.82, 2.24) is 19.7 Å². The molecule has 28 heavy (non-hydrogen) atoms. The van der Waals surface area contributed by atoms with E-state index in [-0.39, 0.29) is 0 Å². The van der Waals surface area contributed by atoms with Gasteiger partial charge in [-0.05, 0) is 25.0 Å². The number of anilines is 1. The van der Waals surface area contributed by atoms with Crippen molar-refractivity contribution in [1.29, 1.82) is 0 Å². The zero-order chi connectivity index (χ0) is 19.7. The Kier molecular flexibility index (Phi) is 4.89. The molecule has 146 valence electrons. The summed E-state index contributed by atoms with van der Waals surface area (Å²) >= 11 is 0. The number of rotatable bonds is 4. The zero-order valence-electron chi connectivity index (χ0n) is 16.0. The minimum absolute atomic E-state index is 0.330. The van der Waals surface area contributed by atoms with E-state index in [9.17, 15) is 8.42 Å². The molecule has 1 saturated heterocycles. The van der Waals surface area contributed by atoms with Gasteiger partial charge in [-0.25, -0.2) is 8.42 Å². The highest BCUT2D eigenvalue weighted by Crippen LogP contribution is 2.39. The molecule has 0 unspecified atom stereocenters. The van der Waals surface area contributed by atoms with Crippen molar-refractivity contribution in [3.8, 4) is 11.1 Å². The molecular formula is C20H23N5O2S. The van der Waals surface area contributed by atoms with E-state index in [4.69, 9.17) is 0 Å². The summed E-state index contributed by atoms with van der Waals surface area (Å²) in [4.78, 5) is 6.76. The first-order chi connectivity index (χ1) is 13.4. The smallest absolute Gasteiger partial charge is 0.177 e. The van der Waals surface area contributed by atoms with Crippen LogP contribution in [0.2, 0.25) is 0 Å². The van der Waals surface area contributed by atoms with Crippen LogP contribution >= 0.6 is 0 Å². The van der Waals surface area contributed by atoms with Crippen molar-refractivity contribution in [2.75, 3.05) is 24.2 Å². The number of hydrogen-bond donors (Lipinski definition) is 0. The Bertz CT molecular complexity index is 1070. The van der Waals surface area contributed by atoms with Gasteiger partial charge >= 0.3 is 0 Å². The molecule has 0 radical (unpaired) electrons. The normalized spacial score (nSPS) is 15.7. The van der Waals surface area contributed by atoms with Crippen LogP contribution in [0.25, 0.3) is 11.1 Å². The van der Waals surface area contributed by atoms with Gasteiger partial charge in [0.1, 0.15) is 12.2 Å². The molecule has 0 amide bonds. The third-order valence-corrected chi connectivity index (χ3v) is 6.42. The number of hydrogen-bond acceptors (Lipinski definition) is 6. The van der Waals surface area contributed by atoms with Gasteiger partial charge in [-0.15, -0.1) is 10.2 Å². The van der Waals surface area contributed by atoms with Gasteiger partial charge in [0.25, 0.3) is 0 Å². The molecule has 4 rings (SSSR count). The van der Waals surface area contributed by atoms with Crippen molar-refractivity contribution in [3.05, 3.63) is 54.9 Å². The lowest BCUT2D eigenvalue weighted by atomic mass is 9.94. The predicted molar refractivity (Wildman–Crippen MR) is 108 cm³/mol. The lowest BCUT2D eigenvalue weighted by molar-refractivity contribution is 0.473. The minimum Gasteiger partial charge on any atom is -0.370 e. The molecule has 1 fully saturated rings. The van der Waals surface area contributed by atoms with Crippen LogP contribution in [0.4, 0.5) is 5.69 Å². The monoisotopic (exact) mass is 397 g/mol. The van der Waals surface area contributed by atoms with Crippen molar-refractivity contribution < 1.29 is 8.42 Å². The van der Waals surface area contributed by atoms with E-state index in [0.717, 1.165) is 48.6 Å². The predicted octanol–water partition coefficient (Wildman–Crippen LogP) is 2.66. The molecule has 1 aliphatic heterocycles. The summed E-state index contributed by atoms with van der Waals surface area (Å²) in [5.74, 6) is 1.32. The molecule has 0 spiro atoms. The van der Waals surface area contributed by atoms with Gasteiger partial charge in [0.15, 0.2) is 9.84 Å². The summed E-state index contributed by atoms with van der Waals surface area (Å²) < 4.78 is 27.0. The second-order valence-electron chi connectivity index (χ2n) is 7.23. The van der Waals surface area contributed by atoms with Gasteiger partial charge in [-0.1, -0.05) is 18.2 Å². The maximum Gasteiger partial charge on any atom is 0.177 e. The lowest BCUT2D eigenvalue weighted by Gasteiger charge is -2.35. The van der Waals surface area contributed by atoms with Crippen LogP contribution in [0.3, 0.4) is 0 Å². The molecule has 0 aliphatic carbocycles. The molecule has 7 nitrogen and oxygen atoms in total. The summed E-state index contributed by atoms with van der Waals surface area (Å²) in [5, 5.41) is 8.24. The number of aromatic nitrogens is 4. The molecule has 0 bridgehead atoms. The average Bonchev–Trinajstić information content (AvgIpc) is 3.13. The molecule has 1 aliphatic rings. The third kappa shape index (κ3) is 3.52. The van der Waals surface area contributed by atoms with Gasteiger partial charge in [0.2, 0.25) is 0 Å². The van der Waals surface area contributed by atoms with Crippen molar-refractivity contribution in [2.24, 2.45) is 7.05 Å². The summed E-state index contributed by atoms with van der Waals surface area (Å²) in [6.45, 7) is 1.52. The first-order valence-corrected chi connectivity index (χ1v) is 11.2. The summed E-state index contributed by atoms with van der Waals surface area (Å²) in [6.07, 6.45) is 8.29. The van der Waals surface area contributed by atoms with Gasteiger partial charge in [0, 0.05) is 55.8 Å². The number of para-hydroxylation sites is 1. The minimum atomic E-state index is -3.37. The zero-order valence-corrected chi connectivity index (χ0v) is 16.8. The van der Waals surface area contributed by atoms with Crippen LogP contribution in [-0.2, 0) is 16.9 Å². The third-order valence-electron chi connectivity index (χ3n) is 5.29. The molecule has 0 atom stereocenters. The highest BCUT2D eigenvalue weighted by Gasteiger charge is 2.28. The lowest BCUT2D eigenvalue weighted by Crippen LogP contribution is -2.35. The second kappa shape index (κ2) is 7.35. The number of pyridine rings is 1. The van der Waals surface area contributed by atoms with E-state index in [2.05, 4.69) is 20.1 Å². The molecule has 0 N–H and O–H groups in total. The van der Waals surface area contributed by atoms with Crippen molar-refractivity contribution in [3.63, 3.8) is 0 Å². The Morgan fingerprint density at radius 3 is 2.50 bits per heavy atom. The highest BCUT2D eigenvalue weighted by atomic mass is 32.2. The molecule has 0 saturated carbocycles. The van der Waals surface area contributed by atoms with Crippen LogP contribution in [0.1, 0.15) is 24.6 Å². The van der Waals surface area contributed by atoms with Gasteiger partial charge < -0.3 is 9.47 Å². The Morgan fingerprint density at radius 2 is 1.89 bits per heavy atom. The standard InChI is InChI=1S/C20H23N5O2S/c1-24-14-22-23-20(24)15-8-11-25(12-9-15)19-17(16-5-4-10-21-13-16)6-3-7-18(19)28(2,26)27/h3-7,10,13-15H,8-9,11-12H2,1-2H3. The SMILES string of the molecule is Cn1cnnc1C1CCN(c2c(-c3cccnc3)cccc2S(C)(=O)=O)CC1. The first kappa shape index (κ1) is 18.6. The number of benzene rings is 1. The fourth-order valence-electron chi connectivity index (χ4n) is 3.93. The Hall–Kier alpha value is -2.74. The van der Waals surface area contributed by atoms with E-state index in [1.54, 1.807) is 30.9 Å².